The first-order valence-corrected chi connectivity index (χ1v) is 5.49. The highest BCUT2D eigenvalue weighted by molar-refractivity contribution is 5.15. The first-order chi connectivity index (χ1) is 6.18. The molecule has 0 bridgehead atoms. The van der Waals surface area contributed by atoms with Crippen molar-refractivity contribution in [3.63, 3.8) is 0 Å². The van der Waals surface area contributed by atoms with Gasteiger partial charge >= 0.3 is 0 Å². The Hall–Kier alpha value is -0.0800. The van der Waals surface area contributed by atoms with Crippen molar-refractivity contribution in [1.29, 1.82) is 0 Å². The van der Waals surface area contributed by atoms with Gasteiger partial charge in [0.2, 0.25) is 0 Å². The lowest BCUT2D eigenvalue weighted by molar-refractivity contribution is 0.135. The molecule has 13 heavy (non-hydrogen) atoms. The van der Waals surface area contributed by atoms with Gasteiger partial charge in [0, 0.05) is 12.0 Å². The zero-order valence-electron chi connectivity index (χ0n) is 8.55. The third kappa shape index (κ3) is 1.23. The predicted octanol–water partition coefficient (Wildman–Crippen LogP) is 1.52. The molecule has 2 aliphatic carbocycles. The van der Waals surface area contributed by atoms with Gasteiger partial charge in [-0.05, 0) is 30.6 Å². The van der Waals surface area contributed by atoms with Crippen LogP contribution in [0.5, 0.6) is 0 Å². The molecule has 0 heterocycles. The fourth-order valence-corrected chi connectivity index (χ4v) is 3.48. The van der Waals surface area contributed by atoms with Crippen LogP contribution in [-0.2, 0) is 0 Å². The van der Waals surface area contributed by atoms with E-state index in [9.17, 15) is 5.11 Å². The molecule has 2 rings (SSSR count). The largest absolute Gasteiger partial charge is 0.396 e. The van der Waals surface area contributed by atoms with Gasteiger partial charge < -0.3 is 10.8 Å². The van der Waals surface area contributed by atoms with Crippen LogP contribution in [0.4, 0.5) is 0 Å². The molecular formula is C11H21NO. The van der Waals surface area contributed by atoms with E-state index in [0.29, 0.717) is 18.6 Å². The summed E-state index contributed by atoms with van der Waals surface area (Å²) in [6.07, 6.45) is 6.48. The van der Waals surface area contributed by atoms with E-state index in [1.54, 1.807) is 0 Å². The lowest BCUT2D eigenvalue weighted by Crippen LogP contribution is -2.30. The number of hydrogen-bond donors (Lipinski definition) is 2. The molecule has 2 aliphatic rings. The topological polar surface area (TPSA) is 46.2 Å². The van der Waals surface area contributed by atoms with Gasteiger partial charge in [-0.15, -0.1) is 0 Å². The molecular weight excluding hydrogens is 162 g/mol. The summed E-state index contributed by atoms with van der Waals surface area (Å²) in [6, 6.07) is 0. The number of hydrogen-bond acceptors (Lipinski definition) is 2. The Morgan fingerprint density at radius 1 is 1.54 bits per heavy atom. The van der Waals surface area contributed by atoms with Crippen LogP contribution < -0.4 is 5.73 Å². The van der Waals surface area contributed by atoms with Crippen molar-refractivity contribution in [2.24, 2.45) is 22.5 Å². The van der Waals surface area contributed by atoms with E-state index in [2.05, 4.69) is 6.92 Å². The zero-order valence-corrected chi connectivity index (χ0v) is 8.55. The van der Waals surface area contributed by atoms with Gasteiger partial charge in [0.05, 0.1) is 6.61 Å². The smallest absolute Gasteiger partial charge is 0.0505 e. The molecule has 3 atom stereocenters. The van der Waals surface area contributed by atoms with Gasteiger partial charge in [-0.2, -0.15) is 0 Å². The number of rotatable bonds is 2. The Labute approximate surface area is 80.5 Å². The van der Waals surface area contributed by atoms with Crippen molar-refractivity contribution in [2.45, 2.75) is 39.0 Å². The second-order valence-corrected chi connectivity index (χ2v) is 5.30. The van der Waals surface area contributed by atoms with E-state index >= 15 is 0 Å². The highest BCUT2D eigenvalue weighted by Gasteiger charge is 2.65. The quantitative estimate of drug-likeness (QED) is 0.682. The molecule has 0 aliphatic heterocycles. The molecule has 0 amide bonds. The van der Waals surface area contributed by atoms with Crippen LogP contribution in [0.15, 0.2) is 0 Å². The van der Waals surface area contributed by atoms with Crippen LogP contribution in [0, 0.1) is 16.7 Å². The second-order valence-electron chi connectivity index (χ2n) is 5.30. The number of nitrogens with two attached hydrogens (primary N) is 1. The monoisotopic (exact) mass is 183 g/mol. The predicted molar refractivity (Wildman–Crippen MR) is 53.3 cm³/mol. The highest BCUT2D eigenvalue weighted by atomic mass is 16.3. The Kier molecular flexibility index (Phi) is 2.16. The maximum atomic E-state index is 9.38. The van der Waals surface area contributed by atoms with Crippen LogP contribution in [0.2, 0.25) is 0 Å². The van der Waals surface area contributed by atoms with Crippen molar-refractivity contribution < 1.29 is 5.11 Å². The van der Waals surface area contributed by atoms with Crippen LogP contribution in [0.3, 0.4) is 0 Å². The molecule has 2 fully saturated rings. The molecule has 0 aromatic heterocycles. The molecule has 2 heteroatoms. The molecule has 2 saturated carbocycles. The van der Waals surface area contributed by atoms with E-state index in [1.807, 2.05) is 0 Å². The van der Waals surface area contributed by atoms with Gasteiger partial charge in [0.1, 0.15) is 0 Å². The van der Waals surface area contributed by atoms with Gasteiger partial charge in [0.15, 0.2) is 0 Å². The molecule has 0 radical (unpaired) electrons. The molecule has 0 aromatic rings. The third-order valence-corrected chi connectivity index (χ3v) is 4.46. The van der Waals surface area contributed by atoms with Crippen molar-refractivity contribution >= 4 is 0 Å². The maximum Gasteiger partial charge on any atom is 0.0505 e. The van der Waals surface area contributed by atoms with E-state index in [1.165, 1.54) is 32.1 Å². The Morgan fingerprint density at radius 2 is 2.31 bits per heavy atom. The molecule has 3 N–H and O–H groups in total. The Balaban J connectivity index is 2.07. The van der Waals surface area contributed by atoms with Crippen molar-refractivity contribution in [1.82, 2.24) is 0 Å². The number of aliphatic hydroxyl groups excluding tert-OH is 1. The van der Waals surface area contributed by atoms with Crippen molar-refractivity contribution in [3.8, 4) is 0 Å². The standard InChI is InChI=1S/C11H21NO/c1-9-3-2-4-10(5-9)6-11(10,7-12)8-13/h9,13H,2-8,12H2,1H3. The minimum Gasteiger partial charge on any atom is -0.396 e. The molecule has 1 spiro atoms. The second kappa shape index (κ2) is 2.96. The molecule has 76 valence electrons. The summed E-state index contributed by atoms with van der Waals surface area (Å²) in [4.78, 5) is 0. The molecule has 2 nitrogen and oxygen atoms in total. The normalized spacial score (nSPS) is 49.6. The minimum absolute atomic E-state index is 0.113. The van der Waals surface area contributed by atoms with Crippen LogP contribution in [0.1, 0.15) is 39.0 Å². The zero-order chi connectivity index (χ0) is 9.53. The summed E-state index contributed by atoms with van der Waals surface area (Å²) in [6.45, 7) is 3.31. The van der Waals surface area contributed by atoms with E-state index < -0.39 is 0 Å². The first kappa shape index (κ1) is 9.47. The van der Waals surface area contributed by atoms with Crippen molar-refractivity contribution in [3.05, 3.63) is 0 Å². The van der Waals surface area contributed by atoms with Gasteiger partial charge in [-0.25, -0.2) is 0 Å². The van der Waals surface area contributed by atoms with Crippen LogP contribution >= 0.6 is 0 Å². The fraction of sp³-hybridized carbons (Fsp3) is 1.00. The number of aliphatic hydroxyl groups is 1. The fourth-order valence-electron chi connectivity index (χ4n) is 3.48. The summed E-state index contributed by atoms with van der Waals surface area (Å²) in [5.74, 6) is 0.841. The first-order valence-electron chi connectivity index (χ1n) is 5.49. The summed E-state index contributed by atoms with van der Waals surface area (Å²) < 4.78 is 0. The summed E-state index contributed by atoms with van der Waals surface area (Å²) in [5.41, 5.74) is 6.32. The van der Waals surface area contributed by atoms with E-state index in [-0.39, 0.29) is 5.41 Å². The lowest BCUT2D eigenvalue weighted by Gasteiger charge is -2.31. The molecule has 0 aromatic carbocycles. The molecule has 3 unspecified atom stereocenters. The van der Waals surface area contributed by atoms with Crippen LogP contribution in [-0.4, -0.2) is 18.3 Å². The van der Waals surface area contributed by atoms with E-state index in [4.69, 9.17) is 5.73 Å². The van der Waals surface area contributed by atoms with Gasteiger partial charge in [0.25, 0.3) is 0 Å². The Bertz CT molecular complexity index is 200. The average molecular weight is 183 g/mol. The molecule has 0 saturated heterocycles. The van der Waals surface area contributed by atoms with E-state index in [0.717, 1.165) is 5.92 Å². The van der Waals surface area contributed by atoms with Crippen molar-refractivity contribution in [2.75, 3.05) is 13.2 Å². The maximum absolute atomic E-state index is 9.38. The minimum atomic E-state index is 0.113. The highest BCUT2D eigenvalue weighted by Crippen LogP contribution is 2.70. The third-order valence-electron chi connectivity index (χ3n) is 4.46. The SMILES string of the molecule is CC1CCCC2(C1)CC2(CN)CO. The summed E-state index contributed by atoms with van der Waals surface area (Å²) in [5, 5.41) is 9.38. The Morgan fingerprint density at radius 3 is 2.77 bits per heavy atom. The summed E-state index contributed by atoms with van der Waals surface area (Å²) in [7, 11) is 0. The van der Waals surface area contributed by atoms with Gasteiger partial charge in [-0.1, -0.05) is 19.8 Å². The summed E-state index contributed by atoms with van der Waals surface area (Å²) >= 11 is 0. The van der Waals surface area contributed by atoms with Gasteiger partial charge in [-0.3, -0.25) is 0 Å². The lowest BCUT2D eigenvalue weighted by atomic mass is 9.75. The average Bonchev–Trinajstić information content (AvgIpc) is 2.73. The van der Waals surface area contributed by atoms with Crippen LogP contribution in [0.25, 0.3) is 0 Å².